The van der Waals surface area contributed by atoms with Crippen molar-refractivity contribution in [2.45, 2.75) is 6.54 Å². The second kappa shape index (κ2) is 6.95. The largest absolute Gasteiger partial charge is 0.484 e. The number of hydrogen-bond acceptors (Lipinski definition) is 3. The van der Waals surface area contributed by atoms with Gasteiger partial charge in [0.05, 0.1) is 0 Å². The molecule has 1 amide bonds. The molecule has 0 aliphatic carbocycles. The van der Waals surface area contributed by atoms with Crippen LogP contribution in [-0.2, 0) is 11.3 Å². The summed E-state index contributed by atoms with van der Waals surface area (Å²) in [7, 11) is 0. The first-order valence-electron chi connectivity index (χ1n) is 6.23. The number of carbonyl (C=O) groups excluding carboxylic acids is 1. The van der Waals surface area contributed by atoms with Crippen LogP contribution < -0.4 is 15.8 Å². The van der Waals surface area contributed by atoms with E-state index in [1.165, 1.54) is 12.1 Å². The van der Waals surface area contributed by atoms with Crippen molar-refractivity contribution < 1.29 is 13.9 Å². The Labute approximate surface area is 126 Å². The quantitative estimate of drug-likeness (QED) is 0.862. The van der Waals surface area contributed by atoms with Gasteiger partial charge in [0.2, 0.25) is 0 Å². The van der Waals surface area contributed by atoms with Crippen LogP contribution >= 0.6 is 11.6 Å². The number of benzene rings is 2. The summed E-state index contributed by atoms with van der Waals surface area (Å²) in [4.78, 5) is 10.7. The molecule has 21 heavy (non-hydrogen) atoms. The maximum Gasteiger partial charge on any atom is 0.255 e. The summed E-state index contributed by atoms with van der Waals surface area (Å²) in [6, 6.07) is 11.3. The van der Waals surface area contributed by atoms with E-state index in [1.807, 2.05) is 6.07 Å². The molecule has 0 bridgehead atoms. The van der Waals surface area contributed by atoms with Crippen LogP contribution in [0.4, 0.5) is 10.1 Å². The highest BCUT2D eigenvalue weighted by Crippen LogP contribution is 2.21. The van der Waals surface area contributed by atoms with Crippen LogP contribution in [0.1, 0.15) is 5.56 Å². The predicted molar refractivity (Wildman–Crippen MR) is 79.9 cm³/mol. The maximum absolute atomic E-state index is 13.0. The lowest BCUT2D eigenvalue weighted by atomic mass is 10.2. The van der Waals surface area contributed by atoms with Crippen LogP contribution in [0.5, 0.6) is 5.75 Å². The fraction of sp³-hybridized carbons (Fsp3) is 0.133. The number of ether oxygens (including phenoxy) is 1. The van der Waals surface area contributed by atoms with E-state index >= 15 is 0 Å². The molecule has 0 atom stereocenters. The van der Waals surface area contributed by atoms with Crippen molar-refractivity contribution in [2.24, 2.45) is 5.73 Å². The normalized spacial score (nSPS) is 10.2. The first-order valence-corrected chi connectivity index (χ1v) is 6.61. The van der Waals surface area contributed by atoms with Gasteiger partial charge in [-0.1, -0.05) is 23.7 Å². The topological polar surface area (TPSA) is 64.4 Å². The third-order valence-corrected chi connectivity index (χ3v) is 3.07. The van der Waals surface area contributed by atoms with Crippen molar-refractivity contribution in [1.29, 1.82) is 0 Å². The van der Waals surface area contributed by atoms with Crippen LogP contribution in [0.2, 0.25) is 5.02 Å². The number of primary amides is 1. The number of rotatable bonds is 6. The first-order chi connectivity index (χ1) is 10.0. The minimum absolute atomic E-state index is 0.173. The third kappa shape index (κ3) is 4.65. The lowest BCUT2D eigenvalue weighted by Crippen LogP contribution is -2.20. The van der Waals surface area contributed by atoms with Crippen molar-refractivity contribution in [1.82, 2.24) is 0 Å². The highest BCUT2D eigenvalue weighted by atomic mass is 35.5. The average molecular weight is 309 g/mol. The Morgan fingerprint density at radius 3 is 2.81 bits per heavy atom. The lowest BCUT2D eigenvalue weighted by Gasteiger charge is -2.10. The van der Waals surface area contributed by atoms with Crippen molar-refractivity contribution in [3.8, 4) is 5.75 Å². The Kier molecular flexibility index (Phi) is 5.00. The van der Waals surface area contributed by atoms with Gasteiger partial charge in [-0.3, -0.25) is 4.79 Å². The van der Waals surface area contributed by atoms with Gasteiger partial charge in [-0.05, 0) is 29.8 Å². The molecule has 0 saturated heterocycles. The van der Waals surface area contributed by atoms with Gasteiger partial charge in [-0.2, -0.15) is 0 Å². The van der Waals surface area contributed by atoms with E-state index in [9.17, 15) is 9.18 Å². The Hall–Kier alpha value is -2.27. The molecule has 0 radical (unpaired) electrons. The Balaban J connectivity index is 1.99. The summed E-state index contributed by atoms with van der Waals surface area (Å²) in [6.45, 7) is 0.269. The second-order valence-corrected chi connectivity index (χ2v) is 4.78. The molecule has 3 N–H and O–H groups in total. The Morgan fingerprint density at radius 2 is 2.10 bits per heavy atom. The van der Waals surface area contributed by atoms with Gasteiger partial charge in [0, 0.05) is 23.3 Å². The molecule has 4 nitrogen and oxygen atoms in total. The van der Waals surface area contributed by atoms with E-state index in [4.69, 9.17) is 22.1 Å². The minimum Gasteiger partial charge on any atom is -0.484 e. The van der Waals surface area contributed by atoms with Crippen molar-refractivity contribution in [3.05, 3.63) is 58.9 Å². The van der Waals surface area contributed by atoms with E-state index in [2.05, 4.69) is 5.32 Å². The van der Waals surface area contributed by atoms with Crippen LogP contribution in [0.25, 0.3) is 0 Å². The van der Waals surface area contributed by atoms with E-state index in [0.29, 0.717) is 17.3 Å². The van der Waals surface area contributed by atoms with Crippen LogP contribution in [0.15, 0.2) is 42.5 Å². The zero-order chi connectivity index (χ0) is 15.2. The molecule has 2 aromatic rings. The summed E-state index contributed by atoms with van der Waals surface area (Å²) >= 11 is 5.96. The van der Waals surface area contributed by atoms with Crippen molar-refractivity contribution in [2.75, 3.05) is 11.9 Å². The van der Waals surface area contributed by atoms with E-state index < -0.39 is 5.91 Å². The smallest absolute Gasteiger partial charge is 0.255 e. The van der Waals surface area contributed by atoms with E-state index in [1.54, 1.807) is 24.3 Å². The monoisotopic (exact) mass is 308 g/mol. The lowest BCUT2D eigenvalue weighted by molar-refractivity contribution is -0.119. The number of nitrogens with one attached hydrogen (secondary N) is 1. The second-order valence-electron chi connectivity index (χ2n) is 4.37. The molecule has 0 aromatic heterocycles. The molecule has 2 rings (SSSR count). The summed E-state index contributed by atoms with van der Waals surface area (Å²) in [5.41, 5.74) is 6.59. The van der Waals surface area contributed by atoms with Crippen molar-refractivity contribution >= 4 is 23.2 Å². The summed E-state index contributed by atoms with van der Waals surface area (Å²) in [5.74, 6) is -0.374. The van der Waals surface area contributed by atoms with E-state index in [-0.39, 0.29) is 12.4 Å². The van der Waals surface area contributed by atoms with Gasteiger partial charge < -0.3 is 15.8 Å². The SMILES string of the molecule is NC(=O)COc1cccc(NCc2ccc(F)cc2Cl)c1. The van der Waals surface area contributed by atoms with Crippen molar-refractivity contribution in [3.63, 3.8) is 0 Å². The maximum atomic E-state index is 13.0. The standard InChI is InChI=1S/C15H14ClFN2O2/c16-14-6-11(17)5-4-10(14)8-19-12-2-1-3-13(7-12)21-9-15(18)20/h1-7,19H,8-9H2,(H2,18,20). The number of anilines is 1. The van der Waals surface area contributed by atoms with Gasteiger partial charge in [0.25, 0.3) is 5.91 Å². The first kappa shape index (κ1) is 15.1. The molecule has 0 spiro atoms. The summed E-state index contributed by atoms with van der Waals surface area (Å²) in [5, 5.41) is 3.51. The minimum atomic E-state index is -0.536. The summed E-state index contributed by atoms with van der Waals surface area (Å²) in [6.07, 6.45) is 0. The zero-order valence-electron chi connectivity index (χ0n) is 11.1. The fourth-order valence-corrected chi connectivity index (χ4v) is 1.95. The van der Waals surface area contributed by atoms with Gasteiger partial charge in [-0.25, -0.2) is 4.39 Å². The number of halogens is 2. The fourth-order valence-electron chi connectivity index (χ4n) is 1.71. The molecule has 0 aliphatic rings. The van der Waals surface area contributed by atoms with Crippen LogP contribution in [0.3, 0.4) is 0 Å². The summed E-state index contributed by atoms with van der Waals surface area (Å²) < 4.78 is 18.2. The molecular weight excluding hydrogens is 295 g/mol. The predicted octanol–water partition coefficient (Wildman–Crippen LogP) is 2.96. The highest BCUT2D eigenvalue weighted by molar-refractivity contribution is 6.31. The number of amides is 1. The molecular formula is C15H14ClFN2O2. The zero-order valence-corrected chi connectivity index (χ0v) is 11.9. The van der Waals surface area contributed by atoms with Crippen LogP contribution in [-0.4, -0.2) is 12.5 Å². The molecule has 110 valence electrons. The van der Waals surface area contributed by atoms with E-state index in [0.717, 1.165) is 11.3 Å². The molecule has 0 heterocycles. The van der Waals surface area contributed by atoms with Gasteiger partial charge in [0.15, 0.2) is 6.61 Å². The number of carbonyl (C=O) groups is 1. The molecule has 0 aliphatic heterocycles. The van der Waals surface area contributed by atoms with Gasteiger partial charge in [0.1, 0.15) is 11.6 Å². The van der Waals surface area contributed by atoms with Crippen LogP contribution in [0, 0.1) is 5.82 Å². The van der Waals surface area contributed by atoms with Gasteiger partial charge in [-0.15, -0.1) is 0 Å². The van der Waals surface area contributed by atoms with Gasteiger partial charge >= 0.3 is 0 Å². The molecule has 0 unspecified atom stereocenters. The Morgan fingerprint density at radius 1 is 1.29 bits per heavy atom. The molecule has 0 saturated carbocycles. The third-order valence-electron chi connectivity index (χ3n) is 2.71. The number of nitrogens with two attached hydrogens (primary N) is 1. The average Bonchev–Trinajstić information content (AvgIpc) is 2.45. The number of hydrogen-bond donors (Lipinski definition) is 2. The Bertz CT molecular complexity index is 649. The molecule has 0 fully saturated rings. The molecule has 6 heteroatoms. The highest BCUT2D eigenvalue weighted by Gasteiger charge is 2.03. The molecule has 2 aromatic carbocycles.